The number of nitrogens with zero attached hydrogens (tertiary/aromatic N) is 1. The van der Waals surface area contributed by atoms with Crippen LogP contribution in [0.15, 0.2) is 12.3 Å². The molecule has 0 saturated heterocycles. The number of ether oxygens (including phenoxy) is 1. The zero-order valence-corrected chi connectivity index (χ0v) is 10.3. The monoisotopic (exact) mass is 264 g/mol. The zero-order valence-electron chi connectivity index (χ0n) is 8.75. The molecule has 0 aliphatic carbocycles. The van der Waals surface area contributed by atoms with E-state index in [4.69, 9.17) is 33.0 Å². The van der Waals surface area contributed by atoms with Crippen LogP contribution in [0.25, 0.3) is 0 Å². The fourth-order valence-corrected chi connectivity index (χ4v) is 1.54. The van der Waals surface area contributed by atoms with Gasteiger partial charge < -0.3 is 15.2 Å². The summed E-state index contributed by atoms with van der Waals surface area (Å²) in [4.78, 5) is 4.06. The van der Waals surface area contributed by atoms with E-state index in [9.17, 15) is 0 Å². The van der Waals surface area contributed by atoms with Crippen LogP contribution in [-0.2, 0) is 4.74 Å². The van der Waals surface area contributed by atoms with E-state index in [0.29, 0.717) is 35.6 Å². The summed E-state index contributed by atoms with van der Waals surface area (Å²) in [5.41, 5.74) is 0. The first kappa shape index (κ1) is 13.5. The van der Waals surface area contributed by atoms with Crippen LogP contribution in [0.1, 0.15) is 6.42 Å². The lowest BCUT2D eigenvalue weighted by molar-refractivity contribution is 0.0922. The second-order valence-corrected chi connectivity index (χ2v) is 3.94. The number of hydrogen-bond donors (Lipinski definition) is 2. The molecule has 0 bridgehead atoms. The fourth-order valence-electron chi connectivity index (χ4n) is 1.09. The van der Waals surface area contributed by atoms with Crippen LogP contribution in [-0.4, -0.2) is 36.5 Å². The molecule has 0 aliphatic rings. The third kappa shape index (κ3) is 4.99. The van der Waals surface area contributed by atoms with Crippen molar-refractivity contribution in [3.8, 4) is 0 Å². The molecule has 0 radical (unpaired) electrons. The van der Waals surface area contributed by atoms with E-state index < -0.39 is 0 Å². The highest BCUT2D eigenvalue weighted by atomic mass is 35.5. The molecule has 0 atom stereocenters. The van der Waals surface area contributed by atoms with Gasteiger partial charge in [-0.05, 0) is 12.5 Å². The third-order valence-electron chi connectivity index (χ3n) is 1.80. The lowest BCUT2D eigenvalue weighted by Gasteiger charge is -2.07. The smallest absolute Gasteiger partial charge is 0.144 e. The summed E-state index contributed by atoms with van der Waals surface area (Å²) in [6, 6.07) is 1.64. The normalized spacial score (nSPS) is 10.4. The third-order valence-corrected chi connectivity index (χ3v) is 2.30. The van der Waals surface area contributed by atoms with Crippen molar-refractivity contribution >= 4 is 29.0 Å². The largest absolute Gasteiger partial charge is 0.394 e. The second kappa shape index (κ2) is 7.68. The Morgan fingerprint density at radius 1 is 1.38 bits per heavy atom. The minimum absolute atomic E-state index is 0.0536. The molecule has 0 aliphatic heterocycles. The van der Waals surface area contributed by atoms with Crippen LogP contribution in [0.4, 0.5) is 5.82 Å². The molecule has 1 aromatic rings. The Morgan fingerprint density at radius 3 is 2.88 bits per heavy atom. The van der Waals surface area contributed by atoms with Gasteiger partial charge in [0.15, 0.2) is 0 Å². The molecule has 6 heteroatoms. The SMILES string of the molecule is OCCOCCCNc1ncc(Cl)cc1Cl. The number of anilines is 1. The highest BCUT2D eigenvalue weighted by Gasteiger charge is 2.01. The number of hydrogen-bond acceptors (Lipinski definition) is 4. The van der Waals surface area contributed by atoms with Crippen molar-refractivity contribution in [2.75, 3.05) is 31.7 Å². The van der Waals surface area contributed by atoms with Crippen molar-refractivity contribution < 1.29 is 9.84 Å². The van der Waals surface area contributed by atoms with Crippen molar-refractivity contribution in [2.24, 2.45) is 0 Å². The molecule has 90 valence electrons. The predicted octanol–water partition coefficient (Wildman–Crippen LogP) is 2.20. The van der Waals surface area contributed by atoms with Crippen LogP contribution in [0.5, 0.6) is 0 Å². The summed E-state index contributed by atoms with van der Waals surface area (Å²) < 4.78 is 5.11. The average Bonchev–Trinajstić information content (AvgIpc) is 2.26. The Balaban J connectivity index is 2.21. The number of pyridine rings is 1. The van der Waals surface area contributed by atoms with E-state index in [1.165, 1.54) is 6.20 Å². The Morgan fingerprint density at radius 2 is 2.19 bits per heavy atom. The van der Waals surface area contributed by atoms with E-state index in [1.807, 2.05) is 0 Å². The van der Waals surface area contributed by atoms with Gasteiger partial charge in [-0.3, -0.25) is 0 Å². The first-order chi connectivity index (χ1) is 7.74. The molecule has 16 heavy (non-hydrogen) atoms. The maximum absolute atomic E-state index is 8.48. The summed E-state index contributed by atoms with van der Waals surface area (Å²) in [6.07, 6.45) is 2.36. The maximum atomic E-state index is 8.48. The van der Waals surface area contributed by atoms with Crippen LogP contribution in [0.2, 0.25) is 10.0 Å². The molecule has 1 aromatic heterocycles. The molecular formula is C10H14Cl2N2O2. The van der Waals surface area contributed by atoms with Crippen LogP contribution < -0.4 is 5.32 Å². The van der Waals surface area contributed by atoms with Gasteiger partial charge in [0, 0.05) is 19.3 Å². The summed E-state index contributed by atoms with van der Waals surface area (Å²) in [5, 5.41) is 12.6. The molecule has 1 rings (SSSR count). The van der Waals surface area contributed by atoms with Gasteiger partial charge in [0.25, 0.3) is 0 Å². The molecule has 0 unspecified atom stereocenters. The van der Waals surface area contributed by atoms with Gasteiger partial charge in [-0.25, -0.2) is 4.98 Å². The summed E-state index contributed by atoms with van der Waals surface area (Å²) in [7, 11) is 0. The lowest BCUT2D eigenvalue weighted by Crippen LogP contribution is -2.08. The number of halogens is 2. The molecule has 0 saturated carbocycles. The predicted molar refractivity (Wildman–Crippen MR) is 65.3 cm³/mol. The highest BCUT2D eigenvalue weighted by Crippen LogP contribution is 2.22. The minimum atomic E-state index is 0.0536. The van der Waals surface area contributed by atoms with Gasteiger partial charge in [0.1, 0.15) is 5.82 Å². The maximum Gasteiger partial charge on any atom is 0.144 e. The van der Waals surface area contributed by atoms with E-state index in [0.717, 1.165) is 6.42 Å². The standard InChI is InChI=1S/C10H14Cl2N2O2/c11-8-6-9(12)10(14-7-8)13-2-1-4-16-5-3-15/h6-7,15H,1-5H2,(H,13,14). The Kier molecular flexibility index (Phi) is 6.49. The van der Waals surface area contributed by atoms with E-state index in [1.54, 1.807) is 6.07 Å². The zero-order chi connectivity index (χ0) is 11.8. The Hall–Kier alpha value is -0.550. The van der Waals surface area contributed by atoms with E-state index >= 15 is 0 Å². The van der Waals surface area contributed by atoms with Crippen molar-refractivity contribution in [3.63, 3.8) is 0 Å². The van der Waals surface area contributed by atoms with Crippen molar-refractivity contribution in [1.29, 1.82) is 0 Å². The van der Waals surface area contributed by atoms with E-state index in [2.05, 4.69) is 10.3 Å². The summed E-state index contributed by atoms with van der Waals surface area (Å²) >= 11 is 11.6. The van der Waals surface area contributed by atoms with Crippen LogP contribution >= 0.6 is 23.2 Å². The number of rotatable bonds is 7. The molecule has 0 amide bonds. The van der Waals surface area contributed by atoms with Gasteiger partial charge in [-0.2, -0.15) is 0 Å². The molecule has 4 nitrogen and oxygen atoms in total. The van der Waals surface area contributed by atoms with Gasteiger partial charge in [-0.1, -0.05) is 23.2 Å². The molecule has 0 spiro atoms. The van der Waals surface area contributed by atoms with E-state index in [-0.39, 0.29) is 6.61 Å². The topological polar surface area (TPSA) is 54.4 Å². The molecule has 0 aromatic carbocycles. The average molecular weight is 265 g/mol. The highest BCUT2D eigenvalue weighted by molar-refractivity contribution is 6.35. The van der Waals surface area contributed by atoms with Gasteiger partial charge in [-0.15, -0.1) is 0 Å². The first-order valence-corrected chi connectivity index (χ1v) is 5.73. The lowest BCUT2D eigenvalue weighted by atomic mass is 10.4. The van der Waals surface area contributed by atoms with Crippen molar-refractivity contribution in [3.05, 3.63) is 22.3 Å². The second-order valence-electron chi connectivity index (χ2n) is 3.10. The van der Waals surface area contributed by atoms with Gasteiger partial charge in [0.2, 0.25) is 0 Å². The van der Waals surface area contributed by atoms with Gasteiger partial charge >= 0.3 is 0 Å². The molecule has 1 heterocycles. The summed E-state index contributed by atoms with van der Waals surface area (Å²) in [5.74, 6) is 0.619. The summed E-state index contributed by atoms with van der Waals surface area (Å²) in [6.45, 7) is 1.73. The Bertz CT molecular complexity index is 324. The first-order valence-electron chi connectivity index (χ1n) is 4.97. The van der Waals surface area contributed by atoms with Crippen molar-refractivity contribution in [2.45, 2.75) is 6.42 Å². The number of aromatic nitrogens is 1. The quantitative estimate of drug-likeness (QED) is 0.742. The molecule has 2 N–H and O–H groups in total. The fraction of sp³-hybridized carbons (Fsp3) is 0.500. The van der Waals surface area contributed by atoms with Crippen LogP contribution in [0.3, 0.4) is 0 Å². The van der Waals surface area contributed by atoms with Crippen molar-refractivity contribution in [1.82, 2.24) is 4.98 Å². The van der Waals surface area contributed by atoms with Crippen LogP contribution in [0, 0.1) is 0 Å². The number of nitrogens with one attached hydrogen (secondary N) is 1. The Labute approximate surface area is 105 Å². The minimum Gasteiger partial charge on any atom is -0.394 e. The van der Waals surface area contributed by atoms with Gasteiger partial charge in [0.05, 0.1) is 23.3 Å². The molecule has 0 fully saturated rings. The number of aliphatic hydroxyl groups excluding tert-OH is 1. The molecular weight excluding hydrogens is 251 g/mol. The number of aliphatic hydroxyl groups is 1.